The number of nitrogens with one attached hydrogen (secondary N) is 2. The molecule has 2 N–H and O–H groups in total. The Morgan fingerprint density at radius 1 is 1.07 bits per heavy atom. The van der Waals surface area contributed by atoms with Crippen LogP contribution in [0.5, 0.6) is 11.5 Å². The maximum Gasteiger partial charge on any atom is 0.243 e. The molecule has 1 aliphatic carbocycles. The number of ether oxygens (including phenoxy) is 2. The molecule has 0 bridgehead atoms. The fraction of sp³-hybridized carbons (Fsp3) is 0.381. The molecule has 0 saturated heterocycles. The molecule has 0 aromatic heterocycles. The van der Waals surface area contributed by atoms with Crippen molar-refractivity contribution in [3.8, 4) is 11.5 Å². The van der Waals surface area contributed by atoms with Crippen LogP contribution in [0.4, 0.5) is 11.4 Å². The molecule has 2 aliphatic rings. The molecule has 2 aromatic carbocycles. The van der Waals surface area contributed by atoms with Crippen LogP contribution in [-0.2, 0) is 14.6 Å². The second-order valence-corrected chi connectivity index (χ2v) is 9.99. The summed E-state index contributed by atoms with van der Waals surface area (Å²) in [6.07, 6.45) is 3.31. The SMILES string of the molecule is O=C(CNc1cccc(S(=O)(=O)C2CCCC2)c1)Nc1cc2c(cc1Cl)OCCO2. The highest BCUT2D eigenvalue weighted by Crippen LogP contribution is 2.38. The summed E-state index contributed by atoms with van der Waals surface area (Å²) in [4.78, 5) is 12.7. The van der Waals surface area contributed by atoms with Crippen molar-refractivity contribution in [2.24, 2.45) is 0 Å². The third-order valence-electron chi connectivity index (χ3n) is 5.26. The number of carbonyl (C=O) groups is 1. The minimum absolute atomic E-state index is 0.0439. The predicted molar refractivity (Wildman–Crippen MR) is 115 cm³/mol. The van der Waals surface area contributed by atoms with Crippen LogP contribution in [0.3, 0.4) is 0 Å². The number of benzene rings is 2. The molecule has 30 heavy (non-hydrogen) atoms. The molecule has 4 rings (SSSR count). The van der Waals surface area contributed by atoms with Gasteiger partial charge >= 0.3 is 0 Å². The Morgan fingerprint density at radius 3 is 2.50 bits per heavy atom. The number of carbonyl (C=O) groups excluding carboxylic acids is 1. The van der Waals surface area contributed by atoms with E-state index in [0.29, 0.717) is 54.0 Å². The maximum atomic E-state index is 12.8. The number of amides is 1. The van der Waals surface area contributed by atoms with Crippen molar-refractivity contribution in [1.29, 1.82) is 0 Å². The Hall–Kier alpha value is -2.45. The van der Waals surface area contributed by atoms with E-state index in [-0.39, 0.29) is 22.6 Å². The van der Waals surface area contributed by atoms with E-state index in [0.717, 1.165) is 12.8 Å². The van der Waals surface area contributed by atoms with Crippen molar-refractivity contribution in [2.45, 2.75) is 35.8 Å². The van der Waals surface area contributed by atoms with Gasteiger partial charge in [-0.3, -0.25) is 4.79 Å². The van der Waals surface area contributed by atoms with Crippen LogP contribution in [0.1, 0.15) is 25.7 Å². The summed E-state index contributed by atoms with van der Waals surface area (Å²) in [5.41, 5.74) is 0.989. The summed E-state index contributed by atoms with van der Waals surface area (Å²) >= 11 is 6.22. The molecular weight excluding hydrogens is 428 g/mol. The van der Waals surface area contributed by atoms with Gasteiger partial charge in [0.25, 0.3) is 0 Å². The van der Waals surface area contributed by atoms with Crippen LogP contribution in [-0.4, -0.2) is 39.3 Å². The van der Waals surface area contributed by atoms with E-state index in [1.54, 1.807) is 36.4 Å². The third-order valence-corrected chi connectivity index (χ3v) is 7.84. The lowest BCUT2D eigenvalue weighted by molar-refractivity contribution is -0.114. The molecule has 1 saturated carbocycles. The van der Waals surface area contributed by atoms with E-state index in [1.165, 1.54) is 0 Å². The Bertz CT molecular complexity index is 1050. The fourth-order valence-corrected chi connectivity index (χ4v) is 5.81. The van der Waals surface area contributed by atoms with Gasteiger partial charge in [-0.05, 0) is 31.0 Å². The van der Waals surface area contributed by atoms with Crippen LogP contribution in [0.15, 0.2) is 41.3 Å². The van der Waals surface area contributed by atoms with Crippen molar-refractivity contribution in [3.63, 3.8) is 0 Å². The predicted octanol–water partition coefficient (Wildman–Crippen LogP) is 3.88. The molecule has 1 fully saturated rings. The first-order valence-corrected chi connectivity index (χ1v) is 11.8. The smallest absolute Gasteiger partial charge is 0.243 e. The number of halogens is 1. The second-order valence-electron chi connectivity index (χ2n) is 7.36. The Morgan fingerprint density at radius 2 is 1.77 bits per heavy atom. The van der Waals surface area contributed by atoms with Gasteiger partial charge in [-0.15, -0.1) is 0 Å². The lowest BCUT2D eigenvalue weighted by Gasteiger charge is -2.20. The van der Waals surface area contributed by atoms with Gasteiger partial charge in [0, 0.05) is 17.8 Å². The molecule has 1 aliphatic heterocycles. The van der Waals surface area contributed by atoms with Gasteiger partial charge in [0.15, 0.2) is 21.3 Å². The Balaban J connectivity index is 1.40. The fourth-order valence-electron chi connectivity index (χ4n) is 3.71. The van der Waals surface area contributed by atoms with Crippen molar-refractivity contribution >= 4 is 38.7 Å². The van der Waals surface area contributed by atoms with E-state index in [2.05, 4.69) is 10.6 Å². The van der Waals surface area contributed by atoms with Crippen LogP contribution in [0.25, 0.3) is 0 Å². The quantitative estimate of drug-likeness (QED) is 0.693. The minimum Gasteiger partial charge on any atom is -0.486 e. The Kier molecular flexibility index (Phi) is 6.06. The minimum atomic E-state index is -3.35. The number of hydrogen-bond donors (Lipinski definition) is 2. The monoisotopic (exact) mass is 450 g/mol. The normalized spacial score (nSPS) is 16.3. The topological polar surface area (TPSA) is 93.7 Å². The molecule has 1 heterocycles. The summed E-state index contributed by atoms with van der Waals surface area (Å²) in [6, 6.07) is 9.84. The molecule has 0 atom stereocenters. The first kappa shape index (κ1) is 20.8. The van der Waals surface area contributed by atoms with Crippen LogP contribution in [0.2, 0.25) is 5.02 Å². The van der Waals surface area contributed by atoms with Crippen molar-refractivity contribution in [3.05, 3.63) is 41.4 Å². The first-order chi connectivity index (χ1) is 14.4. The van der Waals surface area contributed by atoms with Gasteiger partial charge in [0.05, 0.1) is 27.4 Å². The van der Waals surface area contributed by atoms with Crippen LogP contribution in [0, 0.1) is 0 Å². The molecule has 1 amide bonds. The highest BCUT2D eigenvalue weighted by Gasteiger charge is 2.30. The molecule has 160 valence electrons. The van der Waals surface area contributed by atoms with Gasteiger partial charge in [-0.1, -0.05) is 30.5 Å². The molecule has 9 heteroatoms. The summed E-state index contributed by atoms with van der Waals surface area (Å²) in [6.45, 7) is 0.843. The lowest BCUT2D eigenvalue weighted by atomic mass is 10.2. The van der Waals surface area contributed by atoms with Crippen molar-refractivity contribution in [1.82, 2.24) is 0 Å². The second kappa shape index (κ2) is 8.73. The summed E-state index contributed by atoms with van der Waals surface area (Å²) in [7, 11) is -3.35. The number of rotatable bonds is 6. The van der Waals surface area contributed by atoms with Gasteiger partial charge in [0.2, 0.25) is 5.91 Å². The van der Waals surface area contributed by atoms with Gasteiger partial charge in [-0.25, -0.2) is 8.42 Å². The molecule has 7 nitrogen and oxygen atoms in total. The van der Waals surface area contributed by atoms with E-state index in [1.807, 2.05) is 0 Å². The number of fused-ring (bicyclic) bond motifs is 1. The van der Waals surface area contributed by atoms with E-state index >= 15 is 0 Å². The highest BCUT2D eigenvalue weighted by molar-refractivity contribution is 7.92. The van der Waals surface area contributed by atoms with Crippen LogP contribution < -0.4 is 20.1 Å². The largest absolute Gasteiger partial charge is 0.486 e. The zero-order valence-electron chi connectivity index (χ0n) is 16.3. The lowest BCUT2D eigenvalue weighted by Crippen LogP contribution is -2.23. The zero-order chi connectivity index (χ0) is 21.1. The summed E-state index contributed by atoms with van der Waals surface area (Å²) in [5, 5.41) is 5.74. The average Bonchev–Trinajstić information content (AvgIpc) is 3.29. The molecular formula is C21H23ClN2O5S. The number of hydrogen-bond acceptors (Lipinski definition) is 6. The van der Waals surface area contributed by atoms with Crippen molar-refractivity contribution in [2.75, 3.05) is 30.4 Å². The molecule has 2 aromatic rings. The van der Waals surface area contributed by atoms with E-state index < -0.39 is 9.84 Å². The number of anilines is 2. The Labute approximate surface area is 180 Å². The highest BCUT2D eigenvalue weighted by atomic mass is 35.5. The molecule has 0 spiro atoms. The summed E-state index contributed by atoms with van der Waals surface area (Å²) in [5.74, 6) is 0.749. The standard InChI is InChI=1S/C21H23ClN2O5S/c22-17-11-19-20(29-9-8-28-19)12-18(17)24-21(25)13-23-14-4-3-7-16(10-14)30(26,27)15-5-1-2-6-15/h3-4,7,10-12,15,23H,1-2,5-6,8-9,13H2,(H,24,25). The van der Waals surface area contributed by atoms with E-state index in [4.69, 9.17) is 21.1 Å². The van der Waals surface area contributed by atoms with Gasteiger partial charge in [0.1, 0.15) is 13.2 Å². The maximum absolute atomic E-state index is 12.8. The summed E-state index contributed by atoms with van der Waals surface area (Å²) < 4.78 is 36.5. The van der Waals surface area contributed by atoms with Crippen molar-refractivity contribution < 1.29 is 22.7 Å². The van der Waals surface area contributed by atoms with Gasteiger partial charge in [-0.2, -0.15) is 0 Å². The zero-order valence-corrected chi connectivity index (χ0v) is 17.9. The third kappa shape index (κ3) is 4.49. The first-order valence-electron chi connectivity index (χ1n) is 9.90. The van der Waals surface area contributed by atoms with E-state index in [9.17, 15) is 13.2 Å². The van der Waals surface area contributed by atoms with Gasteiger partial charge < -0.3 is 20.1 Å². The average molecular weight is 451 g/mol. The molecule has 0 unspecified atom stereocenters. The van der Waals surface area contributed by atoms with Crippen LogP contribution >= 0.6 is 11.6 Å². The number of sulfone groups is 1. The molecule has 0 radical (unpaired) electrons.